The first-order chi connectivity index (χ1) is 13.7. The Balaban J connectivity index is 1.58. The third-order valence-electron chi connectivity index (χ3n) is 6.29. The minimum atomic E-state index is 0.0697. The van der Waals surface area contributed by atoms with E-state index < -0.39 is 0 Å². The highest BCUT2D eigenvalue weighted by Crippen LogP contribution is 2.50. The highest BCUT2D eigenvalue weighted by molar-refractivity contribution is 5.56. The van der Waals surface area contributed by atoms with Crippen molar-refractivity contribution in [2.75, 3.05) is 27.0 Å². The molecule has 3 aliphatic rings. The lowest BCUT2D eigenvalue weighted by molar-refractivity contribution is -0.0403. The fraction of sp³-hybridized carbons (Fsp3) is 0.478. The van der Waals surface area contributed by atoms with E-state index in [9.17, 15) is 0 Å². The van der Waals surface area contributed by atoms with E-state index in [4.69, 9.17) is 18.9 Å². The second-order valence-corrected chi connectivity index (χ2v) is 7.96. The van der Waals surface area contributed by atoms with E-state index in [1.165, 1.54) is 30.4 Å². The zero-order valence-electron chi connectivity index (χ0n) is 16.5. The largest absolute Gasteiger partial charge is 0.497 e. The Labute approximate surface area is 166 Å². The number of methoxy groups -OCH3 is 1. The molecule has 148 valence electrons. The normalized spacial score (nSPS) is 26.4. The van der Waals surface area contributed by atoms with Gasteiger partial charge in [0.15, 0.2) is 17.7 Å². The molecular weight excluding hydrogens is 354 g/mol. The monoisotopic (exact) mass is 381 g/mol. The van der Waals surface area contributed by atoms with Gasteiger partial charge in [-0.15, -0.1) is 0 Å². The summed E-state index contributed by atoms with van der Waals surface area (Å²) in [5.74, 6) is 3.93. The lowest BCUT2D eigenvalue weighted by Gasteiger charge is -2.44. The maximum atomic E-state index is 6.57. The molecule has 0 spiro atoms. The molecule has 5 nitrogen and oxygen atoms in total. The minimum absolute atomic E-state index is 0.0697. The molecule has 0 unspecified atom stereocenters. The van der Waals surface area contributed by atoms with Crippen molar-refractivity contribution in [1.29, 1.82) is 0 Å². The summed E-state index contributed by atoms with van der Waals surface area (Å²) in [6.07, 6.45) is 3.87. The number of rotatable bonds is 3. The summed E-state index contributed by atoms with van der Waals surface area (Å²) >= 11 is 0. The molecule has 0 amide bonds. The van der Waals surface area contributed by atoms with E-state index in [2.05, 4.69) is 30.0 Å². The van der Waals surface area contributed by atoms with Crippen LogP contribution in [0.4, 0.5) is 0 Å². The Morgan fingerprint density at radius 2 is 1.64 bits per heavy atom. The summed E-state index contributed by atoms with van der Waals surface area (Å²) in [4.78, 5) is 2.51. The average molecular weight is 381 g/mol. The van der Waals surface area contributed by atoms with Gasteiger partial charge in [0.2, 0.25) is 6.79 Å². The highest BCUT2D eigenvalue weighted by atomic mass is 16.7. The van der Waals surface area contributed by atoms with Crippen LogP contribution in [-0.4, -0.2) is 38.1 Å². The van der Waals surface area contributed by atoms with Crippen molar-refractivity contribution in [2.24, 2.45) is 5.92 Å². The smallest absolute Gasteiger partial charge is 0.231 e. The third kappa shape index (κ3) is 2.98. The van der Waals surface area contributed by atoms with Crippen LogP contribution in [0.15, 0.2) is 36.4 Å². The minimum Gasteiger partial charge on any atom is -0.497 e. The number of hydrogen-bond acceptors (Lipinski definition) is 5. The molecular formula is C23H27NO4. The summed E-state index contributed by atoms with van der Waals surface area (Å²) in [6.45, 7) is 4.78. The van der Waals surface area contributed by atoms with Crippen LogP contribution in [0.3, 0.4) is 0 Å². The SMILES string of the molecule is COc1ccc([C@@H]2c3cc4c(cc3O[C@H](N3CCCCC3)[C@@H]2C)OCO4)cc1. The summed E-state index contributed by atoms with van der Waals surface area (Å²) in [5.41, 5.74) is 2.45. The summed E-state index contributed by atoms with van der Waals surface area (Å²) < 4.78 is 23.2. The number of hydrogen-bond donors (Lipinski definition) is 0. The second kappa shape index (κ2) is 7.21. The zero-order valence-corrected chi connectivity index (χ0v) is 16.5. The Bertz CT molecular complexity index is 844. The average Bonchev–Trinajstić information content (AvgIpc) is 3.20. The van der Waals surface area contributed by atoms with Gasteiger partial charge >= 0.3 is 0 Å². The van der Waals surface area contributed by atoms with Crippen LogP contribution in [0.1, 0.15) is 43.2 Å². The molecule has 3 atom stereocenters. The molecule has 0 aromatic heterocycles. The molecule has 2 aromatic carbocycles. The van der Waals surface area contributed by atoms with Crippen LogP contribution >= 0.6 is 0 Å². The van der Waals surface area contributed by atoms with Gasteiger partial charge in [0.25, 0.3) is 0 Å². The van der Waals surface area contributed by atoms with Crippen LogP contribution in [0.2, 0.25) is 0 Å². The van der Waals surface area contributed by atoms with Crippen LogP contribution in [0.25, 0.3) is 0 Å². The quantitative estimate of drug-likeness (QED) is 0.788. The molecule has 2 aromatic rings. The molecule has 0 aliphatic carbocycles. The lowest BCUT2D eigenvalue weighted by Crippen LogP contribution is -2.50. The molecule has 0 radical (unpaired) electrons. The topological polar surface area (TPSA) is 40.2 Å². The van der Waals surface area contributed by atoms with E-state index in [1.807, 2.05) is 18.2 Å². The van der Waals surface area contributed by atoms with Gasteiger partial charge < -0.3 is 18.9 Å². The van der Waals surface area contributed by atoms with Gasteiger partial charge in [0, 0.05) is 36.6 Å². The van der Waals surface area contributed by atoms with Crippen LogP contribution < -0.4 is 18.9 Å². The number of piperidine rings is 1. The lowest BCUT2D eigenvalue weighted by atomic mass is 9.78. The first-order valence-electron chi connectivity index (χ1n) is 10.2. The van der Waals surface area contributed by atoms with E-state index in [0.29, 0.717) is 5.92 Å². The number of likely N-dealkylation sites (tertiary alicyclic amines) is 1. The molecule has 0 saturated carbocycles. The van der Waals surface area contributed by atoms with E-state index in [1.54, 1.807) is 7.11 Å². The van der Waals surface area contributed by atoms with Crippen molar-refractivity contribution in [3.05, 3.63) is 47.5 Å². The Kier molecular flexibility index (Phi) is 4.55. The predicted octanol–water partition coefficient (Wildman–Crippen LogP) is 4.40. The van der Waals surface area contributed by atoms with Gasteiger partial charge in [-0.2, -0.15) is 0 Å². The van der Waals surface area contributed by atoms with Gasteiger partial charge in [-0.25, -0.2) is 0 Å². The standard InChI is InChI=1S/C23H27NO4/c1-15-22(16-6-8-17(25-2)9-7-16)18-12-20-21(27-14-26-20)13-19(18)28-23(15)24-10-4-3-5-11-24/h6-9,12-13,15,22-23H,3-5,10-11,14H2,1-2H3/t15-,22-,23+/m1/s1. The zero-order chi connectivity index (χ0) is 19.1. The van der Waals surface area contributed by atoms with Crippen LogP contribution in [-0.2, 0) is 0 Å². The number of ether oxygens (including phenoxy) is 4. The molecule has 5 heteroatoms. The van der Waals surface area contributed by atoms with Crippen molar-refractivity contribution in [3.63, 3.8) is 0 Å². The Morgan fingerprint density at radius 3 is 2.36 bits per heavy atom. The van der Waals surface area contributed by atoms with Gasteiger partial charge in [-0.05, 0) is 36.6 Å². The van der Waals surface area contributed by atoms with E-state index in [0.717, 1.165) is 36.1 Å². The van der Waals surface area contributed by atoms with Gasteiger partial charge in [-0.3, -0.25) is 4.90 Å². The van der Waals surface area contributed by atoms with Crippen molar-refractivity contribution >= 4 is 0 Å². The number of fused-ring (bicyclic) bond motifs is 2. The van der Waals surface area contributed by atoms with Crippen molar-refractivity contribution in [3.8, 4) is 23.0 Å². The van der Waals surface area contributed by atoms with E-state index >= 15 is 0 Å². The molecule has 3 aliphatic heterocycles. The maximum absolute atomic E-state index is 6.57. The van der Waals surface area contributed by atoms with Gasteiger partial charge in [-0.1, -0.05) is 25.5 Å². The van der Waals surface area contributed by atoms with Crippen molar-refractivity contribution < 1.29 is 18.9 Å². The maximum Gasteiger partial charge on any atom is 0.231 e. The van der Waals surface area contributed by atoms with E-state index in [-0.39, 0.29) is 18.9 Å². The van der Waals surface area contributed by atoms with Gasteiger partial charge in [0.05, 0.1) is 7.11 Å². The summed E-state index contributed by atoms with van der Waals surface area (Å²) in [5, 5.41) is 0. The van der Waals surface area contributed by atoms with Crippen molar-refractivity contribution in [1.82, 2.24) is 4.90 Å². The number of benzene rings is 2. The third-order valence-corrected chi connectivity index (χ3v) is 6.29. The molecule has 0 bridgehead atoms. The molecule has 1 fully saturated rings. The fourth-order valence-electron chi connectivity index (χ4n) is 4.84. The fourth-order valence-corrected chi connectivity index (χ4v) is 4.84. The van der Waals surface area contributed by atoms with Gasteiger partial charge in [0.1, 0.15) is 11.5 Å². The van der Waals surface area contributed by atoms with Crippen LogP contribution in [0.5, 0.6) is 23.0 Å². The first-order valence-corrected chi connectivity index (χ1v) is 10.2. The predicted molar refractivity (Wildman–Crippen MR) is 106 cm³/mol. The Morgan fingerprint density at radius 1 is 0.929 bits per heavy atom. The first kappa shape index (κ1) is 17.7. The summed E-state index contributed by atoms with van der Waals surface area (Å²) in [6, 6.07) is 12.5. The molecule has 0 N–H and O–H groups in total. The Hall–Kier alpha value is -2.40. The highest BCUT2D eigenvalue weighted by Gasteiger charge is 2.41. The molecule has 5 rings (SSSR count). The number of nitrogens with zero attached hydrogens (tertiary/aromatic N) is 1. The summed E-state index contributed by atoms with van der Waals surface area (Å²) in [7, 11) is 1.70. The molecule has 28 heavy (non-hydrogen) atoms. The molecule has 1 saturated heterocycles. The second-order valence-electron chi connectivity index (χ2n) is 7.96. The van der Waals surface area contributed by atoms with Crippen molar-refractivity contribution in [2.45, 2.75) is 38.3 Å². The molecule has 3 heterocycles. The van der Waals surface area contributed by atoms with Crippen LogP contribution in [0, 0.1) is 5.92 Å².